The highest BCUT2D eigenvalue weighted by atomic mass is 35.5. The van der Waals surface area contributed by atoms with Crippen molar-refractivity contribution in [1.29, 1.82) is 0 Å². The molecule has 18 heavy (non-hydrogen) atoms. The predicted molar refractivity (Wildman–Crippen MR) is 72.8 cm³/mol. The number of hydrogen-bond acceptors (Lipinski definition) is 2. The van der Waals surface area contributed by atoms with Crippen molar-refractivity contribution < 1.29 is 9.21 Å². The van der Waals surface area contributed by atoms with Crippen molar-refractivity contribution in [2.45, 2.75) is 0 Å². The Morgan fingerprint density at radius 1 is 1.17 bits per heavy atom. The van der Waals surface area contributed by atoms with Crippen LogP contribution < -0.4 is 5.32 Å². The molecule has 0 aliphatic carbocycles. The number of amides is 1. The average molecular weight is 282 g/mol. The molecule has 0 bridgehead atoms. The van der Waals surface area contributed by atoms with Crippen molar-refractivity contribution in [2.75, 3.05) is 5.32 Å². The zero-order valence-corrected chi connectivity index (χ0v) is 10.7. The summed E-state index contributed by atoms with van der Waals surface area (Å²) in [5.74, 6) is 0.261. The van der Waals surface area contributed by atoms with E-state index in [1.54, 1.807) is 36.4 Å². The van der Waals surface area contributed by atoms with E-state index in [4.69, 9.17) is 27.6 Å². The number of halogens is 2. The van der Waals surface area contributed by atoms with Crippen LogP contribution in [-0.2, 0) is 4.79 Å². The van der Waals surface area contributed by atoms with Crippen molar-refractivity contribution in [3.05, 3.63) is 58.5 Å². The van der Waals surface area contributed by atoms with Crippen molar-refractivity contribution in [3.63, 3.8) is 0 Å². The number of carbonyl (C=O) groups excluding carboxylic acids is 1. The van der Waals surface area contributed by atoms with Gasteiger partial charge in [-0.1, -0.05) is 29.3 Å². The highest BCUT2D eigenvalue weighted by Gasteiger charge is 2.07. The van der Waals surface area contributed by atoms with E-state index in [0.717, 1.165) is 0 Å². The van der Waals surface area contributed by atoms with Gasteiger partial charge >= 0.3 is 0 Å². The number of hydrogen-bond donors (Lipinski definition) is 1. The van der Waals surface area contributed by atoms with E-state index >= 15 is 0 Å². The van der Waals surface area contributed by atoms with E-state index in [1.807, 2.05) is 0 Å². The lowest BCUT2D eigenvalue weighted by atomic mass is 10.3. The van der Waals surface area contributed by atoms with Gasteiger partial charge < -0.3 is 9.73 Å². The molecule has 3 nitrogen and oxygen atoms in total. The minimum absolute atomic E-state index is 0.332. The molecule has 92 valence electrons. The summed E-state index contributed by atoms with van der Waals surface area (Å²) in [6, 6.07) is 8.49. The van der Waals surface area contributed by atoms with Crippen LogP contribution in [0.25, 0.3) is 6.08 Å². The summed E-state index contributed by atoms with van der Waals surface area (Å²) in [7, 11) is 0. The first-order chi connectivity index (χ1) is 8.66. The summed E-state index contributed by atoms with van der Waals surface area (Å²) >= 11 is 11.9. The minimum atomic E-state index is -0.332. The number of nitrogens with one attached hydrogen (secondary N) is 1. The SMILES string of the molecule is O=C(/C=C/c1ccco1)Nc1c(Cl)cccc1Cl. The Kier molecular flexibility index (Phi) is 4.07. The van der Waals surface area contributed by atoms with Gasteiger partial charge in [0.2, 0.25) is 5.91 Å². The third kappa shape index (κ3) is 3.15. The van der Waals surface area contributed by atoms with Crippen molar-refractivity contribution in [1.82, 2.24) is 0 Å². The lowest BCUT2D eigenvalue weighted by Gasteiger charge is -2.06. The van der Waals surface area contributed by atoms with Gasteiger partial charge in [0.15, 0.2) is 0 Å². The molecule has 0 spiro atoms. The van der Waals surface area contributed by atoms with E-state index in [1.165, 1.54) is 12.3 Å². The topological polar surface area (TPSA) is 42.2 Å². The van der Waals surface area contributed by atoms with Crippen LogP contribution >= 0.6 is 23.2 Å². The van der Waals surface area contributed by atoms with E-state index < -0.39 is 0 Å². The van der Waals surface area contributed by atoms with Crippen molar-refractivity contribution >= 4 is 40.9 Å². The highest BCUT2D eigenvalue weighted by Crippen LogP contribution is 2.29. The molecule has 1 heterocycles. The fraction of sp³-hybridized carbons (Fsp3) is 0. The molecule has 0 saturated carbocycles. The van der Waals surface area contributed by atoms with Gasteiger partial charge in [0.1, 0.15) is 5.76 Å². The fourth-order valence-corrected chi connectivity index (χ4v) is 1.82. The molecule has 0 atom stereocenters. The number of anilines is 1. The number of benzene rings is 1. The Morgan fingerprint density at radius 3 is 2.50 bits per heavy atom. The molecule has 1 aromatic heterocycles. The second kappa shape index (κ2) is 5.76. The summed E-state index contributed by atoms with van der Waals surface area (Å²) < 4.78 is 5.06. The van der Waals surface area contributed by atoms with Gasteiger partial charge in [-0.15, -0.1) is 0 Å². The Balaban J connectivity index is 2.08. The van der Waals surface area contributed by atoms with E-state index in [9.17, 15) is 4.79 Å². The van der Waals surface area contributed by atoms with Crippen LogP contribution in [0, 0.1) is 0 Å². The molecule has 2 aromatic rings. The maximum absolute atomic E-state index is 11.7. The molecule has 0 aliphatic heterocycles. The van der Waals surface area contributed by atoms with Gasteiger partial charge in [-0.05, 0) is 30.3 Å². The molecule has 0 saturated heterocycles. The third-order valence-corrected chi connectivity index (χ3v) is 2.78. The molecular weight excluding hydrogens is 273 g/mol. The van der Waals surface area contributed by atoms with Gasteiger partial charge in [-0.3, -0.25) is 4.79 Å². The number of para-hydroxylation sites is 1. The first kappa shape index (κ1) is 12.7. The Hall–Kier alpha value is -1.71. The van der Waals surface area contributed by atoms with Crippen LogP contribution in [-0.4, -0.2) is 5.91 Å². The molecule has 0 unspecified atom stereocenters. The second-order valence-electron chi connectivity index (χ2n) is 3.43. The van der Waals surface area contributed by atoms with Gasteiger partial charge in [0, 0.05) is 6.08 Å². The maximum Gasteiger partial charge on any atom is 0.248 e. The molecule has 0 fully saturated rings. The van der Waals surface area contributed by atoms with Crippen LogP contribution in [0.3, 0.4) is 0 Å². The van der Waals surface area contributed by atoms with Gasteiger partial charge in [-0.25, -0.2) is 0 Å². The van der Waals surface area contributed by atoms with E-state index in [2.05, 4.69) is 5.32 Å². The summed E-state index contributed by atoms with van der Waals surface area (Å²) in [5, 5.41) is 3.39. The zero-order chi connectivity index (χ0) is 13.0. The first-order valence-corrected chi connectivity index (χ1v) is 5.89. The van der Waals surface area contributed by atoms with Crippen LogP contribution in [0.15, 0.2) is 47.1 Å². The van der Waals surface area contributed by atoms with E-state index in [-0.39, 0.29) is 5.91 Å². The molecule has 1 amide bonds. The highest BCUT2D eigenvalue weighted by molar-refractivity contribution is 6.39. The molecule has 0 aliphatic rings. The Bertz CT molecular complexity index is 556. The summed E-state index contributed by atoms with van der Waals surface area (Å²) in [6.45, 7) is 0. The standard InChI is InChI=1S/C13H9Cl2NO2/c14-10-4-1-5-11(15)13(10)16-12(17)7-6-9-3-2-8-18-9/h1-8H,(H,16,17)/b7-6+. The monoisotopic (exact) mass is 281 g/mol. The van der Waals surface area contributed by atoms with Crippen LogP contribution in [0.1, 0.15) is 5.76 Å². The number of carbonyl (C=O) groups is 1. The molecule has 0 radical (unpaired) electrons. The van der Waals surface area contributed by atoms with Gasteiger partial charge in [-0.2, -0.15) is 0 Å². The summed E-state index contributed by atoms with van der Waals surface area (Å²) in [6.07, 6.45) is 4.43. The maximum atomic E-state index is 11.7. The van der Waals surface area contributed by atoms with Crippen LogP contribution in [0.2, 0.25) is 10.0 Å². The largest absolute Gasteiger partial charge is 0.465 e. The number of rotatable bonds is 3. The minimum Gasteiger partial charge on any atom is -0.465 e. The normalized spacial score (nSPS) is 10.8. The van der Waals surface area contributed by atoms with Crippen LogP contribution in [0.4, 0.5) is 5.69 Å². The lowest BCUT2D eigenvalue weighted by molar-refractivity contribution is -0.111. The summed E-state index contributed by atoms with van der Waals surface area (Å²) in [4.78, 5) is 11.7. The van der Waals surface area contributed by atoms with Crippen molar-refractivity contribution in [2.24, 2.45) is 0 Å². The zero-order valence-electron chi connectivity index (χ0n) is 9.19. The number of furan rings is 1. The lowest BCUT2D eigenvalue weighted by Crippen LogP contribution is -2.08. The third-order valence-electron chi connectivity index (χ3n) is 2.15. The van der Waals surface area contributed by atoms with E-state index in [0.29, 0.717) is 21.5 Å². The smallest absolute Gasteiger partial charge is 0.248 e. The Labute approximate surface area is 114 Å². The quantitative estimate of drug-likeness (QED) is 0.855. The second-order valence-corrected chi connectivity index (χ2v) is 4.25. The van der Waals surface area contributed by atoms with Crippen LogP contribution in [0.5, 0.6) is 0 Å². The van der Waals surface area contributed by atoms with Gasteiger partial charge in [0.05, 0.1) is 22.0 Å². The van der Waals surface area contributed by atoms with Gasteiger partial charge in [0.25, 0.3) is 0 Å². The Morgan fingerprint density at radius 2 is 1.89 bits per heavy atom. The fourth-order valence-electron chi connectivity index (χ4n) is 1.33. The predicted octanol–water partition coefficient (Wildman–Crippen LogP) is 4.24. The molecule has 1 aromatic carbocycles. The first-order valence-electron chi connectivity index (χ1n) is 5.13. The molecular formula is C13H9Cl2NO2. The summed E-state index contributed by atoms with van der Waals surface area (Å²) in [5.41, 5.74) is 0.398. The van der Waals surface area contributed by atoms with Crippen molar-refractivity contribution in [3.8, 4) is 0 Å². The molecule has 5 heteroatoms. The molecule has 2 rings (SSSR count). The molecule has 1 N–H and O–H groups in total. The average Bonchev–Trinajstić information content (AvgIpc) is 2.84.